The molecule has 0 atom stereocenters. The van der Waals surface area contributed by atoms with Crippen molar-refractivity contribution >= 4 is 29.5 Å². The van der Waals surface area contributed by atoms with Gasteiger partial charge in [0.05, 0.1) is 24.8 Å². The van der Waals surface area contributed by atoms with Crippen LogP contribution in [0.25, 0.3) is 6.08 Å². The number of benzene rings is 2. The van der Waals surface area contributed by atoms with Gasteiger partial charge in [-0.25, -0.2) is 9.79 Å². The molecule has 0 aliphatic carbocycles. The molecule has 128 valence electrons. The van der Waals surface area contributed by atoms with Crippen LogP contribution in [0.15, 0.2) is 47.1 Å². The van der Waals surface area contributed by atoms with Crippen molar-refractivity contribution < 1.29 is 19.0 Å². The number of rotatable bonds is 4. The van der Waals surface area contributed by atoms with E-state index in [1.807, 2.05) is 13.0 Å². The third kappa shape index (κ3) is 3.37. The number of aryl methyl sites for hydroxylation is 1. The number of hydrogen-bond donors (Lipinski definition) is 0. The first-order chi connectivity index (χ1) is 12.0. The molecule has 6 heteroatoms. The first-order valence-corrected chi connectivity index (χ1v) is 7.91. The number of esters is 1. The lowest BCUT2D eigenvalue weighted by molar-refractivity contribution is -0.129. The third-order valence-electron chi connectivity index (χ3n) is 3.76. The largest absolute Gasteiger partial charge is 0.496 e. The van der Waals surface area contributed by atoms with Crippen LogP contribution in [0.3, 0.4) is 0 Å². The molecule has 0 N–H and O–H groups in total. The molecule has 25 heavy (non-hydrogen) atoms. The number of nitrogens with zero attached hydrogens (tertiary/aromatic N) is 1. The molecule has 1 aliphatic heterocycles. The van der Waals surface area contributed by atoms with Gasteiger partial charge in [0, 0.05) is 5.56 Å². The Balaban J connectivity index is 2.04. The van der Waals surface area contributed by atoms with E-state index in [0.717, 1.165) is 5.56 Å². The normalized spacial score (nSPS) is 15.1. The number of methoxy groups -OCH3 is 2. The number of halogens is 1. The first kappa shape index (κ1) is 17.0. The lowest BCUT2D eigenvalue weighted by Gasteiger charge is -2.10. The Bertz CT molecular complexity index is 902. The van der Waals surface area contributed by atoms with Gasteiger partial charge in [0.25, 0.3) is 0 Å². The van der Waals surface area contributed by atoms with Crippen LogP contribution in [0.1, 0.15) is 16.7 Å². The zero-order valence-corrected chi connectivity index (χ0v) is 14.8. The van der Waals surface area contributed by atoms with E-state index in [0.29, 0.717) is 27.6 Å². The van der Waals surface area contributed by atoms with E-state index in [1.165, 1.54) is 0 Å². The fraction of sp³-hybridized carbons (Fsp3) is 0.158. The van der Waals surface area contributed by atoms with Gasteiger partial charge >= 0.3 is 5.97 Å². The van der Waals surface area contributed by atoms with Crippen LogP contribution >= 0.6 is 11.6 Å². The zero-order chi connectivity index (χ0) is 18.0. The van der Waals surface area contributed by atoms with Gasteiger partial charge in [-0.2, -0.15) is 0 Å². The van der Waals surface area contributed by atoms with Crippen molar-refractivity contribution in [3.63, 3.8) is 0 Å². The molecule has 0 unspecified atom stereocenters. The molecule has 0 fully saturated rings. The quantitative estimate of drug-likeness (QED) is 0.612. The molecule has 1 heterocycles. The van der Waals surface area contributed by atoms with Gasteiger partial charge < -0.3 is 14.2 Å². The molecule has 3 rings (SSSR count). The van der Waals surface area contributed by atoms with Crippen LogP contribution in [-0.2, 0) is 9.53 Å². The number of carbonyl (C=O) groups is 1. The topological polar surface area (TPSA) is 57.1 Å². The third-order valence-corrected chi connectivity index (χ3v) is 4.09. The van der Waals surface area contributed by atoms with E-state index in [1.54, 1.807) is 50.6 Å². The Hall–Kier alpha value is -2.79. The lowest BCUT2D eigenvalue weighted by atomic mass is 10.1. The van der Waals surface area contributed by atoms with Crippen molar-refractivity contribution in [3.05, 3.63) is 63.8 Å². The van der Waals surface area contributed by atoms with Crippen LogP contribution in [0.2, 0.25) is 5.02 Å². The number of aliphatic imine (C=N–C) groups is 1. The van der Waals surface area contributed by atoms with E-state index >= 15 is 0 Å². The Morgan fingerprint density at radius 2 is 1.84 bits per heavy atom. The van der Waals surface area contributed by atoms with E-state index < -0.39 is 5.97 Å². The lowest BCUT2D eigenvalue weighted by Crippen LogP contribution is -2.05. The highest BCUT2D eigenvalue weighted by Gasteiger charge is 2.26. The first-order valence-electron chi connectivity index (χ1n) is 7.53. The number of carbonyl (C=O) groups excluding carboxylic acids is 1. The molecule has 0 saturated carbocycles. The minimum Gasteiger partial charge on any atom is -0.496 e. The van der Waals surface area contributed by atoms with Gasteiger partial charge in [-0.3, -0.25) is 0 Å². The average molecular weight is 358 g/mol. The second-order valence-electron chi connectivity index (χ2n) is 5.38. The summed E-state index contributed by atoms with van der Waals surface area (Å²) >= 11 is 6.14. The van der Waals surface area contributed by atoms with E-state index in [2.05, 4.69) is 4.99 Å². The standard InChI is InChI=1S/C19H16ClNO4/c1-11-8-17(24-3)12(10-16(11)23-2)9-15-19(22)25-18(21-15)13-6-4-5-7-14(13)20/h4-10H,1-3H3/b15-9+. The van der Waals surface area contributed by atoms with Crippen molar-refractivity contribution in [2.75, 3.05) is 14.2 Å². The van der Waals surface area contributed by atoms with Crippen molar-refractivity contribution in [1.29, 1.82) is 0 Å². The predicted octanol–water partition coefficient (Wildman–Crippen LogP) is 4.01. The number of ether oxygens (including phenoxy) is 3. The van der Waals surface area contributed by atoms with Crippen LogP contribution in [0.5, 0.6) is 11.5 Å². The van der Waals surface area contributed by atoms with Crippen molar-refractivity contribution in [3.8, 4) is 11.5 Å². The second kappa shape index (κ2) is 6.99. The van der Waals surface area contributed by atoms with Crippen LogP contribution in [0, 0.1) is 6.92 Å². The molecule has 0 spiro atoms. The van der Waals surface area contributed by atoms with Gasteiger partial charge in [0.15, 0.2) is 5.70 Å². The summed E-state index contributed by atoms with van der Waals surface area (Å²) in [6.07, 6.45) is 1.60. The Morgan fingerprint density at radius 1 is 1.12 bits per heavy atom. The molecule has 0 bridgehead atoms. The fourth-order valence-electron chi connectivity index (χ4n) is 2.49. The van der Waals surface area contributed by atoms with Gasteiger partial charge in [-0.05, 0) is 42.8 Å². The summed E-state index contributed by atoms with van der Waals surface area (Å²) in [5.74, 6) is 0.936. The molecule has 0 saturated heterocycles. The van der Waals surface area contributed by atoms with Crippen LogP contribution in [-0.4, -0.2) is 26.1 Å². The summed E-state index contributed by atoms with van der Waals surface area (Å²) in [7, 11) is 3.15. The van der Waals surface area contributed by atoms with Crippen molar-refractivity contribution in [1.82, 2.24) is 0 Å². The average Bonchev–Trinajstić information content (AvgIpc) is 2.96. The number of cyclic esters (lactones) is 1. The molecule has 5 nitrogen and oxygen atoms in total. The Morgan fingerprint density at radius 3 is 2.52 bits per heavy atom. The Labute approximate surface area is 150 Å². The molecule has 2 aromatic carbocycles. The summed E-state index contributed by atoms with van der Waals surface area (Å²) in [5, 5.41) is 0.463. The van der Waals surface area contributed by atoms with Crippen LogP contribution in [0.4, 0.5) is 0 Å². The summed E-state index contributed by atoms with van der Waals surface area (Å²) in [6.45, 7) is 1.91. The van der Waals surface area contributed by atoms with Crippen LogP contribution < -0.4 is 9.47 Å². The van der Waals surface area contributed by atoms with Crippen molar-refractivity contribution in [2.45, 2.75) is 6.92 Å². The van der Waals surface area contributed by atoms with E-state index in [4.69, 9.17) is 25.8 Å². The molecule has 1 aliphatic rings. The summed E-state index contributed by atoms with van der Waals surface area (Å²) < 4.78 is 16.0. The minimum absolute atomic E-state index is 0.166. The molecule has 2 aromatic rings. The summed E-state index contributed by atoms with van der Waals surface area (Å²) in [5.41, 5.74) is 2.32. The van der Waals surface area contributed by atoms with Crippen molar-refractivity contribution in [2.24, 2.45) is 4.99 Å². The SMILES string of the molecule is COc1cc(/C=C2/N=C(c3ccccc3Cl)OC2=O)c(OC)cc1C. The highest BCUT2D eigenvalue weighted by molar-refractivity contribution is 6.34. The smallest absolute Gasteiger partial charge is 0.363 e. The van der Waals surface area contributed by atoms with E-state index in [9.17, 15) is 4.79 Å². The molecule has 0 radical (unpaired) electrons. The molecule has 0 amide bonds. The van der Waals surface area contributed by atoms with Gasteiger partial charge in [-0.1, -0.05) is 23.7 Å². The second-order valence-corrected chi connectivity index (χ2v) is 5.79. The monoisotopic (exact) mass is 357 g/mol. The van der Waals surface area contributed by atoms with Gasteiger partial charge in [0.2, 0.25) is 5.90 Å². The molecule has 0 aromatic heterocycles. The van der Waals surface area contributed by atoms with Gasteiger partial charge in [0.1, 0.15) is 11.5 Å². The highest BCUT2D eigenvalue weighted by Crippen LogP contribution is 2.31. The molecular formula is C19H16ClNO4. The predicted molar refractivity (Wildman–Crippen MR) is 96.3 cm³/mol. The summed E-state index contributed by atoms with van der Waals surface area (Å²) in [4.78, 5) is 16.4. The zero-order valence-electron chi connectivity index (χ0n) is 14.0. The van der Waals surface area contributed by atoms with Gasteiger partial charge in [-0.15, -0.1) is 0 Å². The maximum absolute atomic E-state index is 12.2. The minimum atomic E-state index is -0.545. The number of hydrogen-bond acceptors (Lipinski definition) is 5. The molecular weight excluding hydrogens is 342 g/mol. The van der Waals surface area contributed by atoms with E-state index in [-0.39, 0.29) is 11.6 Å². The maximum atomic E-state index is 12.2. The fourth-order valence-corrected chi connectivity index (χ4v) is 2.71. The highest BCUT2D eigenvalue weighted by atomic mass is 35.5. The summed E-state index contributed by atoms with van der Waals surface area (Å²) in [6, 6.07) is 10.7. The maximum Gasteiger partial charge on any atom is 0.363 e. The Kier molecular flexibility index (Phi) is 4.76.